The molecule has 0 unspecified atom stereocenters. The number of rotatable bonds is 9. The second-order valence-corrected chi connectivity index (χ2v) is 11.4. The van der Waals surface area contributed by atoms with Crippen LogP contribution in [0.5, 0.6) is 11.5 Å². The second kappa shape index (κ2) is 14.4. The van der Waals surface area contributed by atoms with Gasteiger partial charge in [-0.3, -0.25) is 9.98 Å². The predicted octanol–water partition coefficient (Wildman–Crippen LogP) is 4.55. The van der Waals surface area contributed by atoms with Gasteiger partial charge in [0.1, 0.15) is 53.7 Å². The minimum absolute atomic E-state index is 0.167. The topological polar surface area (TPSA) is 191 Å². The fraction of sp³-hybridized carbons (Fsp3) is 0.222. The Balaban J connectivity index is 0.000000157. The van der Waals surface area contributed by atoms with Crippen LogP contribution in [0, 0.1) is 11.8 Å². The Morgan fingerprint density at radius 1 is 0.740 bits per heavy atom. The van der Waals surface area contributed by atoms with Crippen LogP contribution in [-0.2, 0) is 19.5 Å². The third-order valence-electron chi connectivity index (χ3n) is 8.23. The van der Waals surface area contributed by atoms with Gasteiger partial charge in [-0.1, -0.05) is 5.92 Å². The summed E-state index contributed by atoms with van der Waals surface area (Å²) < 4.78 is 11.0. The van der Waals surface area contributed by atoms with Crippen LogP contribution >= 0.6 is 0 Å². The highest BCUT2D eigenvalue weighted by Gasteiger charge is 2.17. The molecule has 0 fully saturated rings. The number of ether oxygens (including phenoxy) is 2. The summed E-state index contributed by atoms with van der Waals surface area (Å²) in [4.78, 5) is 32.2. The van der Waals surface area contributed by atoms with Crippen molar-refractivity contribution in [2.24, 2.45) is 9.98 Å². The van der Waals surface area contributed by atoms with Crippen molar-refractivity contribution in [1.82, 2.24) is 29.9 Å². The number of methoxy groups -OCH3 is 2. The van der Waals surface area contributed by atoms with Gasteiger partial charge in [-0.15, -0.1) is 0 Å². The lowest BCUT2D eigenvalue weighted by Gasteiger charge is -2.13. The van der Waals surface area contributed by atoms with E-state index in [1.54, 1.807) is 14.2 Å². The number of benzene rings is 2. The molecule has 6 aromatic rings. The average molecular weight is 671 g/mol. The minimum atomic E-state index is -0.194. The number of H-pyrrole nitrogens is 2. The van der Waals surface area contributed by atoms with E-state index in [0.717, 1.165) is 73.7 Å². The maximum Gasteiger partial charge on any atom is 0.143 e. The van der Waals surface area contributed by atoms with E-state index in [-0.39, 0.29) is 13.2 Å². The molecule has 252 valence electrons. The van der Waals surface area contributed by atoms with Crippen LogP contribution in [0.4, 0.5) is 23.0 Å². The summed E-state index contributed by atoms with van der Waals surface area (Å²) in [5.74, 6) is 8.29. The minimum Gasteiger partial charge on any atom is -0.495 e. The lowest BCUT2D eigenvalue weighted by Crippen LogP contribution is -2.00. The van der Waals surface area contributed by atoms with Crippen LogP contribution in [0.1, 0.15) is 40.1 Å². The van der Waals surface area contributed by atoms with Crippen LogP contribution < -0.4 is 20.1 Å². The fourth-order valence-electron chi connectivity index (χ4n) is 5.80. The van der Waals surface area contributed by atoms with Gasteiger partial charge in [-0.25, -0.2) is 19.9 Å². The number of aromatic nitrogens is 6. The fourth-order valence-corrected chi connectivity index (χ4v) is 5.80. The Morgan fingerprint density at radius 2 is 1.32 bits per heavy atom. The molecule has 4 aromatic heterocycles. The van der Waals surface area contributed by atoms with Gasteiger partial charge in [0.25, 0.3) is 0 Å². The monoisotopic (exact) mass is 670 g/mol. The number of aryl methyl sites for hydroxylation is 1. The Morgan fingerprint density at radius 3 is 1.88 bits per heavy atom. The van der Waals surface area contributed by atoms with E-state index in [1.807, 2.05) is 48.8 Å². The summed E-state index contributed by atoms with van der Waals surface area (Å²) in [7, 11) is 3.29. The van der Waals surface area contributed by atoms with Crippen molar-refractivity contribution in [2.75, 3.05) is 38.1 Å². The molecule has 0 amide bonds. The van der Waals surface area contributed by atoms with E-state index < -0.39 is 0 Å². The van der Waals surface area contributed by atoms with Crippen LogP contribution in [0.3, 0.4) is 0 Å². The maximum atomic E-state index is 9.01. The molecule has 14 nitrogen and oxygen atoms in total. The highest BCUT2D eigenvalue weighted by molar-refractivity contribution is 5.94. The summed E-state index contributed by atoms with van der Waals surface area (Å²) >= 11 is 0. The van der Waals surface area contributed by atoms with Crippen molar-refractivity contribution in [2.45, 2.75) is 25.9 Å². The summed E-state index contributed by atoms with van der Waals surface area (Å²) in [5.41, 5.74) is 9.23. The van der Waals surface area contributed by atoms with E-state index >= 15 is 0 Å². The van der Waals surface area contributed by atoms with Crippen molar-refractivity contribution in [3.63, 3.8) is 0 Å². The number of hydrogen-bond acceptors (Lipinski definition) is 12. The number of aliphatic imine (C=N–C) groups is 2. The summed E-state index contributed by atoms with van der Waals surface area (Å²) in [6.07, 6.45) is 8.21. The van der Waals surface area contributed by atoms with Crippen LogP contribution in [0.2, 0.25) is 0 Å². The lowest BCUT2D eigenvalue weighted by atomic mass is 10.1. The van der Waals surface area contributed by atoms with E-state index in [4.69, 9.17) is 19.7 Å². The second-order valence-electron chi connectivity index (χ2n) is 11.4. The van der Waals surface area contributed by atoms with Gasteiger partial charge >= 0.3 is 0 Å². The highest BCUT2D eigenvalue weighted by Crippen LogP contribution is 2.35. The molecule has 8 rings (SSSR count). The Hall–Kier alpha value is -6.30. The van der Waals surface area contributed by atoms with Crippen molar-refractivity contribution >= 4 is 57.5 Å². The molecule has 6 heterocycles. The molecule has 0 radical (unpaired) electrons. The smallest absolute Gasteiger partial charge is 0.143 e. The first-order chi connectivity index (χ1) is 24.6. The lowest BCUT2D eigenvalue weighted by molar-refractivity contribution is 0.288. The third-order valence-corrected chi connectivity index (χ3v) is 8.23. The van der Waals surface area contributed by atoms with Crippen LogP contribution in [0.15, 0.2) is 59.0 Å². The molecule has 2 aliphatic rings. The number of hydrogen-bond donors (Lipinski definition) is 6. The van der Waals surface area contributed by atoms with Gasteiger partial charge in [-0.05, 0) is 77.4 Å². The number of aliphatic hydroxyl groups excluding tert-OH is 2. The van der Waals surface area contributed by atoms with Crippen molar-refractivity contribution in [3.8, 4) is 23.3 Å². The molecular formula is C36H34N10O4. The van der Waals surface area contributed by atoms with Crippen molar-refractivity contribution < 1.29 is 19.7 Å². The molecule has 0 spiro atoms. The summed E-state index contributed by atoms with van der Waals surface area (Å²) in [6.45, 7) is 1.34. The van der Waals surface area contributed by atoms with E-state index in [2.05, 4.69) is 62.4 Å². The Labute approximate surface area is 286 Å². The van der Waals surface area contributed by atoms with E-state index in [0.29, 0.717) is 42.5 Å². The van der Waals surface area contributed by atoms with Gasteiger partial charge in [0.05, 0.1) is 55.2 Å². The molecule has 2 aliphatic heterocycles. The number of nitrogens with one attached hydrogen (secondary N) is 4. The number of anilines is 4. The first kappa shape index (κ1) is 32.3. The Kier molecular flexibility index (Phi) is 9.32. The highest BCUT2D eigenvalue weighted by atomic mass is 16.5. The Bertz CT molecular complexity index is 2320. The molecule has 0 aliphatic carbocycles. The molecular weight excluding hydrogens is 636 g/mol. The SMILES string of the molecule is COc1cc2c(cc1Nc1ncnc3[nH]c(C#CCO)cc13)C=NC2.COc1cc2c(cc1Nc1ncnc3[nH]c(CCCO)cc13)C=NC2. The summed E-state index contributed by atoms with van der Waals surface area (Å²) in [6, 6.07) is 11.9. The molecule has 2 aromatic carbocycles. The zero-order chi connectivity index (χ0) is 34.5. The molecule has 50 heavy (non-hydrogen) atoms. The van der Waals surface area contributed by atoms with E-state index in [1.165, 1.54) is 12.7 Å². The maximum absolute atomic E-state index is 9.01. The van der Waals surface area contributed by atoms with Gasteiger partial charge < -0.3 is 40.3 Å². The summed E-state index contributed by atoms with van der Waals surface area (Å²) in [5, 5.41) is 26.2. The molecule has 6 N–H and O–H groups in total. The quantitative estimate of drug-likeness (QED) is 0.119. The van der Waals surface area contributed by atoms with Crippen LogP contribution in [0.25, 0.3) is 22.1 Å². The number of aliphatic hydroxyl groups is 2. The molecule has 0 bridgehead atoms. The van der Waals surface area contributed by atoms with Crippen LogP contribution in [-0.4, -0.2) is 80.0 Å². The standard InChI is InChI=1S/C18H19N5O2.C18H15N5O2/c2*1-25-16-6-12-9-19-8-11(12)5-15(16)23-18-14-7-13(3-2-4-24)22-17(14)20-10-21-18/h5-8,10,24H,2-4,9H2,1H3,(H2,20,21,22,23);5-8,10,24H,4,9H2,1H3,(H2,20,21,22,23). The van der Waals surface area contributed by atoms with E-state index in [9.17, 15) is 0 Å². The van der Waals surface area contributed by atoms with Gasteiger partial charge in [-0.2, -0.15) is 0 Å². The average Bonchev–Trinajstić information content (AvgIpc) is 3.95. The van der Waals surface area contributed by atoms with Gasteiger partial charge in [0.15, 0.2) is 0 Å². The zero-order valence-electron chi connectivity index (χ0n) is 27.4. The number of aromatic amines is 2. The zero-order valence-corrected chi connectivity index (χ0v) is 27.4. The molecule has 0 saturated heterocycles. The first-order valence-electron chi connectivity index (χ1n) is 15.9. The molecule has 14 heteroatoms. The number of fused-ring (bicyclic) bond motifs is 4. The molecule has 0 saturated carbocycles. The first-order valence-corrected chi connectivity index (χ1v) is 15.9. The normalized spacial score (nSPS) is 12.2. The van der Waals surface area contributed by atoms with Gasteiger partial charge in [0, 0.05) is 24.7 Å². The van der Waals surface area contributed by atoms with Crippen molar-refractivity contribution in [3.05, 3.63) is 82.7 Å². The number of nitrogens with zero attached hydrogens (tertiary/aromatic N) is 6. The largest absolute Gasteiger partial charge is 0.495 e. The van der Waals surface area contributed by atoms with Crippen molar-refractivity contribution in [1.29, 1.82) is 0 Å². The third kappa shape index (κ3) is 6.68. The van der Waals surface area contributed by atoms with Gasteiger partial charge in [0.2, 0.25) is 0 Å². The predicted molar refractivity (Wildman–Crippen MR) is 192 cm³/mol. The molecule has 0 atom stereocenters.